The van der Waals surface area contributed by atoms with E-state index in [1.165, 1.54) is 16.7 Å². The van der Waals surface area contributed by atoms with Crippen LogP contribution in [0.4, 0.5) is 0 Å². The zero-order valence-electron chi connectivity index (χ0n) is 14.9. The summed E-state index contributed by atoms with van der Waals surface area (Å²) in [7, 11) is 0. The molecule has 7 rings (SSSR count). The van der Waals surface area contributed by atoms with Gasteiger partial charge in [-0.3, -0.25) is 4.79 Å². The molecule has 4 aromatic rings. The van der Waals surface area contributed by atoms with Gasteiger partial charge in [0.25, 0.3) is 0 Å². The fraction of sp³-hybridized carbons (Fsp3) is 0.227. The van der Waals surface area contributed by atoms with E-state index >= 15 is 0 Å². The van der Waals surface area contributed by atoms with Gasteiger partial charge in [-0.05, 0) is 17.7 Å². The summed E-state index contributed by atoms with van der Waals surface area (Å²) in [6.45, 7) is 0. The maximum absolute atomic E-state index is 13.0. The van der Waals surface area contributed by atoms with Gasteiger partial charge in [0.1, 0.15) is 6.23 Å². The average Bonchev–Trinajstić information content (AvgIpc) is 3.25. The number of carbonyl (C=O) groups is 1. The first-order chi connectivity index (χ1) is 13.8. The van der Waals surface area contributed by atoms with E-state index in [1.54, 1.807) is 0 Å². The second kappa shape index (κ2) is 5.01. The first kappa shape index (κ1) is 15.2. The number of fused-ring (bicyclic) bond motifs is 9. The van der Waals surface area contributed by atoms with Gasteiger partial charge in [0, 0.05) is 33.3 Å². The molecule has 2 aromatic carbocycles. The highest BCUT2D eigenvalue weighted by molar-refractivity contribution is 7.97. The largest absolute Gasteiger partial charge is 0.373 e. The minimum absolute atomic E-state index is 0.0731. The van der Waals surface area contributed by atoms with Gasteiger partial charge < -0.3 is 19.6 Å². The number of aromatic nitrogens is 2. The number of carbonyl (C=O) groups excluding carboxylic acids is 1. The summed E-state index contributed by atoms with van der Waals surface area (Å²) in [4.78, 5) is 13.0. The minimum Gasteiger partial charge on any atom is -0.373 e. The van der Waals surface area contributed by atoms with Crippen LogP contribution in [0.3, 0.4) is 0 Å². The van der Waals surface area contributed by atoms with E-state index in [4.69, 9.17) is 0 Å². The minimum atomic E-state index is -0.862. The normalized spacial score (nSPS) is 24.9. The molecule has 2 N–H and O–H groups in total. The summed E-state index contributed by atoms with van der Waals surface area (Å²) in [5, 5.41) is 15.9. The number of hydrogen-bond acceptors (Lipinski definition) is 3. The lowest BCUT2D eigenvalue weighted by molar-refractivity contribution is -0.121. The highest BCUT2D eigenvalue weighted by Crippen LogP contribution is 2.57. The second-order valence-electron chi connectivity index (χ2n) is 7.83. The number of thioether (sulfide) groups is 1. The van der Waals surface area contributed by atoms with E-state index in [0.29, 0.717) is 0 Å². The molecule has 3 atom stereocenters. The van der Waals surface area contributed by atoms with Crippen LogP contribution in [0, 0.1) is 0 Å². The SMILES string of the molecule is O=C1NC(O)C2c3c4n(c5ccccc35)CSCn3c-4c(c4ccccc43)C12. The fourth-order valence-electron chi connectivity index (χ4n) is 5.62. The molecule has 6 heteroatoms. The summed E-state index contributed by atoms with van der Waals surface area (Å²) < 4.78 is 4.74. The number of nitrogens with one attached hydrogen (secondary N) is 1. The monoisotopic (exact) mass is 387 g/mol. The third kappa shape index (κ3) is 1.59. The van der Waals surface area contributed by atoms with Crippen LogP contribution in [0.5, 0.6) is 0 Å². The number of benzene rings is 2. The van der Waals surface area contributed by atoms with Crippen LogP contribution in [-0.2, 0) is 16.5 Å². The maximum Gasteiger partial charge on any atom is 0.230 e. The molecule has 0 bridgehead atoms. The number of aliphatic hydroxyl groups is 1. The molecular formula is C22H17N3O2S. The molecule has 1 amide bonds. The summed E-state index contributed by atoms with van der Waals surface area (Å²) in [5.74, 6) is 1.03. The van der Waals surface area contributed by atoms with Crippen LogP contribution in [-0.4, -0.2) is 26.4 Å². The van der Waals surface area contributed by atoms with Crippen LogP contribution in [0.15, 0.2) is 48.5 Å². The Balaban J connectivity index is 1.76. The standard InChI is InChI=1S/C22H17N3O2S/c26-21-17-15-11-5-1-3-7-13(11)24-9-28-10-25-14-8-4-2-6-12(14)16(20(25)19(15)24)18(17)22(27)23-21/h1-8,17-18,21,26H,9-10H2,(H,23,27). The Kier molecular flexibility index (Phi) is 2.73. The lowest BCUT2D eigenvalue weighted by Gasteiger charge is -2.27. The Labute approximate surface area is 164 Å². The summed E-state index contributed by atoms with van der Waals surface area (Å²) in [5.41, 5.74) is 6.87. The van der Waals surface area contributed by atoms with E-state index in [9.17, 15) is 9.90 Å². The zero-order valence-corrected chi connectivity index (χ0v) is 15.7. The summed E-state index contributed by atoms with van der Waals surface area (Å²) in [6, 6.07) is 16.7. The van der Waals surface area contributed by atoms with Gasteiger partial charge in [-0.1, -0.05) is 36.4 Å². The number of rotatable bonds is 0. The summed E-state index contributed by atoms with van der Waals surface area (Å²) in [6.07, 6.45) is -0.862. The average molecular weight is 387 g/mol. The molecule has 3 aliphatic rings. The predicted octanol–water partition coefficient (Wildman–Crippen LogP) is 3.55. The van der Waals surface area contributed by atoms with Crippen molar-refractivity contribution in [3.63, 3.8) is 0 Å². The van der Waals surface area contributed by atoms with Crippen LogP contribution in [0.25, 0.3) is 33.2 Å². The molecule has 4 heterocycles. The highest BCUT2D eigenvalue weighted by Gasteiger charge is 2.52. The van der Waals surface area contributed by atoms with Gasteiger partial charge in [0.15, 0.2) is 0 Å². The fourth-order valence-corrected chi connectivity index (χ4v) is 6.60. The molecule has 1 fully saturated rings. The molecule has 2 aliphatic heterocycles. The van der Waals surface area contributed by atoms with Gasteiger partial charge in [0.05, 0.1) is 29.1 Å². The topological polar surface area (TPSA) is 59.2 Å². The molecule has 138 valence electrons. The first-order valence-corrected chi connectivity index (χ1v) is 10.7. The van der Waals surface area contributed by atoms with Crippen LogP contribution in [0.2, 0.25) is 0 Å². The molecule has 1 saturated heterocycles. The van der Waals surface area contributed by atoms with Crippen molar-refractivity contribution in [1.29, 1.82) is 0 Å². The number of amides is 1. The van der Waals surface area contributed by atoms with E-state index < -0.39 is 6.23 Å². The van der Waals surface area contributed by atoms with E-state index in [0.717, 1.165) is 39.3 Å². The van der Waals surface area contributed by atoms with Gasteiger partial charge in [-0.25, -0.2) is 0 Å². The molecule has 28 heavy (non-hydrogen) atoms. The maximum atomic E-state index is 13.0. The van der Waals surface area contributed by atoms with Crippen molar-refractivity contribution < 1.29 is 9.90 Å². The lowest BCUT2D eigenvalue weighted by Crippen LogP contribution is -2.27. The van der Waals surface area contributed by atoms with Crippen molar-refractivity contribution in [1.82, 2.24) is 14.5 Å². The molecule has 0 saturated carbocycles. The molecule has 2 aromatic heterocycles. The van der Waals surface area contributed by atoms with Crippen LogP contribution < -0.4 is 5.32 Å². The van der Waals surface area contributed by atoms with Gasteiger partial charge in [0.2, 0.25) is 5.91 Å². The number of hydrogen-bond donors (Lipinski definition) is 2. The van der Waals surface area contributed by atoms with Crippen molar-refractivity contribution >= 4 is 39.5 Å². The Morgan fingerprint density at radius 1 is 0.893 bits per heavy atom. The van der Waals surface area contributed by atoms with Gasteiger partial charge in [-0.15, -0.1) is 11.8 Å². The third-order valence-corrected chi connectivity index (χ3v) is 7.48. The molecule has 0 spiro atoms. The van der Waals surface area contributed by atoms with Crippen LogP contribution in [0.1, 0.15) is 23.0 Å². The zero-order chi connectivity index (χ0) is 18.6. The van der Waals surface area contributed by atoms with Crippen molar-refractivity contribution in [2.24, 2.45) is 0 Å². The van der Waals surface area contributed by atoms with Crippen molar-refractivity contribution in [2.75, 3.05) is 0 Å². The Hall–Kier alpha value is -2.70. The Morgan fingerprint density at radius 2 is 1.46 bits per heavy atom. The van der Waals surface area contributed by atoms with E-state index in [2.05, 4.69) is 50.8 Å². The van der Waals surface area contributed by atoms with Crippen LogP contribution >= 0.6 is 11.8 Å². The number of aliphatic hydroxyl groups excluding tert-OH is 1. The number of nitrogens with zero attached hydrogens (tertiary/aromatic N) is 2. The first-order valence-electron chi connectivity index (χ1n) is 9.54. The van der Waals surface area contributed by atoms with E-state index in [-0.39, 0.29) is 17.7 Å². The second-order valence-corrected chi connectivity index (χ2v) is 8.76. The quantitative estimate of drug-likeness (QED) is 0.485. The molecule has 5 nitrogen and oxygen atoms in total. The van der Waals surface area contributed by atoms with Crippen molar-refractivity contribution in [3.8, 4) is 11.4 Å². The molecule has 0 radical (unpaired) electrons. The van der Waals surface area contributed by atoms with Gasteiger partial charge in [-0.2, -0.15) is 0 Å². The lowest BCUT2D eigenvalue weighted by atomic mass is 9.75. The predicted molar refractivity (Wildman–Crippen MR) is 110 cm³/mol. The Bertz CT molecular complexity index is 1330. The van der Waals surface area contributed by atoms with Crippen molar-refractivity contribution in [2.45, 2.75) is 29.8 Å². The number of para-hydroxylation sites is 2. The van der Waals surface area contributed by atoms with Crippen molar-refractivity contribution in [3.05, 3.63) is 59.7 Å². The molecule has 3 unspecified atom stereocenters. The highest BCUT2D eigenvalue weighted by atomic mass is 32.2. The molecular weight excluding hydrogens is 370 g/mol. The summed E-state index contributed by atoms with van der Waals surface area (Å²) >= 11 is 1.88. The smallest absolute Gasteiger partial charge is 0.230 e. The molecule has 1 aliphatic carbocycles. The van der Waals surface area contributed by atoms with Gasteiger partial charge >= 0.3 is 0 Å². The Morgan fingerprint density at radius 3 is 2.14 bits per heavy atom. The van der Waals surface area contributed by atoms with E-state index in [1.807, 2.05) is 23.9 Å². The third-order valence-electron chi connectivity index (χ3n) is 6.60.